The number of nitrogens with one attached hydrogen (secondary N) is 2. The van der Waals surface area contributed by atoms with Gasteiger partial charge in [0.05, 0.1) is 10.7 Å². The van der Waals surface area contributed by atoms with E-state index in [9.17, 15) is 19.7 Å². The summed E-state index contributed by atoms with van der Waals surface area (Å²) in [4.78, 5) is 34.8. The van der Waals surface area contributed by atoms with Crippen LogP contribution in [0.5, 0.6) is 0 Å². The third kappa shape index (κ3) is 5.59. The van der Waals surface area contributed by atoms with E-state index in [2.05, 4.69) is 20.8 Å². The number of aromatic nitrogens is 2. The van der Waals surface area contributed by atoms with Crippen LogP contribution < -0.4 is 10.6 Å². The molecule has 0 aliphatic heterocycles. The van der Waals surface area contributed by atoms with E-state index >= 15 is 0 Å². The molecule has 1 heterocycles. The Labute approximate surface area is 173 Å². The van der Waals surface area contributed by atoms with Crippen LogP contribution in [0, 0.1) is 17.0 Å². The summed E-state index contributed by atoms with van der Waals surface area (Å²) in [5, 5.41) is 24.3. The quantitative estimate of drug-likeness (QED) is 0.253. The maximum Gasteiger partial charge on any atom is 0.282 e. The van der Waals surface area contributed by atoms with Crippen molar-refractivity contribution in [3.05, 3.63) is 69.8 Å². The van der Waals surface area contributed by atoms with Gasteiger partial charge in [0, 0.05) is 11.8 Å². The number of amides is 2. The molecule has 2 N–H and O–H groups in total. The first-order valence-electron chi connectivity index (χ1n) is 8.30. The molecule has 9 nitrogen and oxygen atoms in total. The van der Waals surface area contributed by atoms with Gasteiger partial charge in [0.15, 0.2) is 4.34 Å². The molecule has 0 radical (unpaired) electrons. The molecular formula is C18H15N5O4S2. The Morgan fingerprint density at radius 1 is 1.14 bits per heavy atom. The number of benzene rings is 2. The number of para-hydroxylation sites is 1. The molecule has 0 spiro atoms. The minimum Gasteiger partial charge on any atom is -0.325 e. The molecule has 2 aromatic carbocycles. The van der Waals surface area contributed by atoms with Gasteiger partial charge in [-0.15, -0.1) is 10.2 Å². The van der Waals surface area contributed by atoms with Crippen LogP contribution in [-0.4, -0.2) is 32.7 Å². The van der Waals surface area contributed by atoms with E-state index in [1.165, 1.54) is 36.0 Å². The Kier molecular flexibility index (Phi) is 6.52. The van der Waals surface area contributed by atoms with E-state index in [1.807, 2.05) is 25.1 Å². The van der Waals surface area contributed by atoms with E-state index in [0.717, 1.165) is 16.9 Å². The van der Waals surface area contributed by atoms with Crippen molar-refractivity contribution in [2.24, 2.45) is 0 Å². The van der Waals surface area contributed by atoms with Gasteiger partial charge in [-0.2, -0.15) is 0 Å². The zero-order valence-electron chi connectivity index (χ0n) is 15.1. The fourth-order valence-electron chi connectivity index (χ4n) is 2.36. The van der Waals surface area contributed by atoms with Gasteiger partial charge in [-0.25, -0.2) is 0 Å². The Balaban J connectivity index is 1.56. The number of nitro benzene ring substituents is 1. The molecule has 0 unspecified atom stereocenters. The zero-order chi connectivity index (χ0) is 20.8. The first kappa shape index (κ1) is 20.4. The number of rotatable bonds is 7. The molecule has 0 aliphatic carbocycles. The molecule has 148 valence electrons. The second kappa shape index (κ2) is 9.26. The van der Waals surface area contributed by atoms with Crippen LogP contribution >= 0.6 is 23.1 Å². The standard InChI is InChI=1S/C18H15N5O4S2/c1-11-5-4-6-12(9-11)19-15(24)10-28-18-22-21-17(29-18)20-16(25)13-7-2-3-8-14(13)23(26)27/h2-9H,10H2,1H3,(H,19,24)(H,20,21,25). The van der Waals surface area contributed by atoms with Crippen LogP contribution in [-0.2, 0) is 4.79 Å². The van der Waals surface area contributed by atoms with Gasteiger partial charge >= 0.3 is 0 Å². The molecule has 11 heteroatoms. The first-order valence-corrected chi connectivity index (χ1v) is 10.1. The van der Waals surface area contributed by atoms with Crippen molar-refractivity contribution in [1.82, 2.24) is 10.2 Å². The largest absolute Gasteiger partial charge is 0.325 e. The van der Waals surface area contributed by atoms with Crippen molar-refractivity contribution < 1.29 is 14.5 Å². The van der Waals surface area contributed by atoms with Crippen molar-refractivity contribution in [3.8, 4) is 0 Å². The molecule has 0 atom stereocenters. The van der Waals surface area contributed by atoms with Crippen molar-refractivity contribution in [2.45, 2.75) is 11.3 Å². The molecule has 3 rings (SSSR count). The highest BCUT2D eigenvalue weighted by Gasteiger charge is 2.20. The van der Waals surface area contributed by atoms with Gasteiger partial charge < -0.3 is 5.32 Å². The Morgan fingerprint density at radius 3 is 2.69 bits per heavy atom. The molecular weight excluding hydrogens is 414 g/mol. The lowest BCUT2D eigenvalue weighted by Crippen LogP contribution is -2.13. The number of hydrogen-bond acceptors (Lipinski definition) is 8. The predicted molar refractivity (Wildman–Crippen MR) is 111 cm³/mol. The average Bonchev–Trinajstić information content (AvgIpc) is 3.13. The predicted octanol–water partition coefficient (Wildman–Crippen LogP) is 3.74. The number of carbonyl (C=O) groups is 2. The number of nitro groups is 1. The number of thioether (sulfide) groups is 1. The van der Waals surface area contributed by atoms with Gasteiger partial charge in [-0.05, 0) is 30.7 Å². The molecule has 0 saturated heterocycles. The van der Waals surface area contributed by atoms with Crippen LogP contribution in [0.25, 0.3) is 0 Å². The highest BCUT2D eigenvalue weighted by molar-refractivity contribution is 8.01. The monoisotopic (exact) mass is 429 g/mol. The Bertz CT molecular complexity index is 1070. The second-order valence-corrected chi connectivity index (χ2v) is 8.01. The van der Waals surface area contributed by atoms with Crippen molar-refractivity contribution in [3.63, 3.8) is 0 Å². The smallest absolute Gasteiger partial charge is 0.282 e. The minimum absolute atomic E-state index is 0.0700. The molecule has 2 amide bonds. The third-order valence-corrected chi connectivity index (χ3v) is 5.57. The number of carbonyl (C=O) groups excluding carboxylic acids is 2. The second-order valence-electron chi connectivity index (χ2n) is 5.81. The number of aryl methyl sites for hydroxylation is 1. The van der Waals surface area contributed by atoms with Gasteiger partial charge in [-0.3, -0.25) is 25.0 Å². The number of hydrogen-bond donors (Lipinski definition) is 2. The lowest BCUT2D eigenvalue weighted by molar-refractivity contribution is -0.385. The van der Waals surface area contributed by atoms with Gasteiger partial charge in [-0.1, -0.05) is 47.4 Å². The van der Waals surface area contributed by atoms with Gasteiger partial charge in [0.2, 0.25) is 11.0 Å². The summed E-state index contributed by atoms with van der Waals surface area (Å²) in [6.07, 6.45) is 0. The number of nitrogens with zero attached hydrogens (tertiary/aromatic N) is 3. The third-order valence-electron chi connectivity index (χ3n) is 3.60. The zero-order valence-corrected chi connectivity index (χ0v) is 16.8. The SMILES string of the molecule is Cc1cccc(NC(=O)CSc2nnc(NC(=O)c3ccccc3[N+](=O)[O-])s2)c1. The molecule has 0 bridgehead atoms. The molecule has 3 aromatic rings. The normalized spacial score (nSPS) is 10.4. The van der Waals surface area contributed by atoms with Crippen molar-refractivity contribution in [2.75, 3.05) is 16.4 Å². The molecule has 0 fully saturated rings. The average molecular weight is 429 g/mol. The van der Waals surface area contributed by atoms with Gasteiger partial charge in [0.1, 0.15) is 5.56 Å². The maximum absolute atomic E-state index is 12.3. The van der Waals surface area contributed by atoms with Crippen molar-refractivity contribution in [1.29, 1.82) is 0 Å². The topological polar surface area (TPSA) is 127 Å². The van der Waals surface area contributed by atoms with Crippen LogP contribution in [0.4, 0.5) is 16.5 Å². The van der Waals surface area contributed by atoms with Crippen LogP contribution in [0.1, 0.15) is 15.9 Å². The molecule has 0 saturated carbocycles. The lowest BCUT2D eigenvalue weighted by Gasteiger charge is -2.04. The summed E-state index contributed by atoms with van der Waals surface area (Å²) >= 11 is 2.26. The van der Waals surface area contributed by atoms with Crippen molar-refractivity contribution >= 4 is 51.4 Å². The highest BCUT2D eigenvalue weighted by Crippen LogP contribution is 2.27. The number of anilines is 2. The Morgan fingerprint density at radius 2 is 1.93 bits per heavy atom. The van der Waals surface area contributed by atoms with E-state index in [-0.39, 0.29) is 28.0 Å². The summed E-state index contributed by atoms with van der Waals surface area (Å²) < 4.78 is 0.488. The fraction of sp³-hybridized carbons (Fsp3) is 0.111. The molecule has 1 aromatic heterocycles. The summed E-state index contributed by atoms with van der Waals surface area (Å²) in [7, 11) is 0. The minimum atomic E-state index is -0.651. The van der Waals surface area contributed by atoms with Crippen LogP contribution in [0.2, 0.25) is 0 Å². The molecule has 29 heavy (non-hydrogen) atoms. The van der Waals surface area contributed by atoms with Gasteiger partial charge in [0.25, 0.3) is 11.6 Å². The maximum atomic E-state index is 12.3. The summed E-state index contributed by atoms with van der Waals surface area (Å²) in [5.41, 5.74) is 1.39. The molecule has 0 aliphatic rings. The van der Waals surface area contributed by atoms with E-state index in [1.54, 1.807) is 6.07 Å². The summed E-state index contributed by atoms with van der Waals surface area (Å²) in [5.74, 6) is -0.718. The first-order chi connectivity index (χ1) is 13.9. The highest BCUT2D eigenvalue weighted by atomic mass is 32.2. The van der Waals surface area contributed by atoms with E-state index in [0.29, 0.717) is 10.0 Å². The summed E-state index contributed by atoms with van der Waals surface area (Å²) in [6, 6.07) is 13.1. The fourth-order valence-corrected chi connectivity index (χ4v) is 3.90. The Hall–Kier alpha value is -3.31. The van der Waals surface area contributed by atoms with Crippen LogP contribution in [0.3, 0.4) is 0 Å². The van der Waals surface area contributed by atoms with E-state index in [4.69, 9.17) is 0 Å². The lowest BCUT2D eigenvalue weighted by atomic mass is 10.1. The van der Waals surface area contributed by atoms with Crippen LogP contribution in [0.15, 0.2) is 52.9 Å². The van der Waals surface area contributed by atoms with E-state index < -0.39 is 10.8 Å². The summed E-state index contributed by atoms with van der Waals surface area (Å²) in [6.45, 7) is 1.94.